The van der Waals surface area contributed by atoms with Crippen LogP contribution in [0.3, 0.4) is 0 Å². The Balaban J connectivity index is 1.91. The molecule has 0 aromatic heterocycles. The molecule has 0 unspecified atom stereocenters. The van der Waals surface area contributed by atoms with Gasteiger partial charge in [-0.1, -0.05) is 18.2 Å². The van der Waals surface area contributed by atoms with Crippen molar-refractivity contribution in [1.29, 1.82) is 0 Å². The molecule has 0 saturated carbocycles. The third-order valence-electron chi connectivity index (χ3n) is 3.17. The molecule has 0 aliphatic carbocycles. The zero-order chi connectivity index (χ0) is 19.2. The summed E-state index contributed by atoms with van der Waals surface area (Å²) in [5.41, 5.74) is 1.45. The van der Waals surface area contributed by atoms with Gasteiger partial charge in [0.05, 0.1) is 28.8 Å². The highest BCUT2D eigenvalue weighted by atomic mass is 19.4. The van der Waals surface area contributed by atoms with E-state index in [4.69, 9.17) is 0 Å². The fraction of sp³-hybridized carbons (Fsp3) is 0.125. The molecule has 0 fully saturated rings. The lowest BCUT2D eigenvalue weighted by molar-refractivity contribution is -0.385. The molecule has 2 aromatic carbocycles. The van der Waals surface area contributed by atoms with Gasteiger partial charge in [0.1, 0.15) is 0 Å². The first-order chi connectivity index (χ1) is 12.3. The number of nitrogens with one attached hydrogen (secondary N) is 2. The quantitative estimate of drug-likeness (QED) is 0.466. The van der Waals surface area contributed by atoms with Gasteiger partial charge in [-0.3, -0.25) is 14.9 Å². The van der Waals surface area contributed by atoms with Gasteiger partial charge < -0.3 is 5.32 Å². The Morgan fingerprint density at radius 3 is 2.62 bits per heavy atom. The predicted molar refractivity (Wildman–Crippen MR) is 88.8 cm³/mol. The number of para-hydroxylation sites is 1. The number of rotatable bonds is 6. The first-order valence-corrected chi connectivity index (χ1v) is 7.24. The average molecular weight is 366 g/mol. The molecule has 10 heteroatoms. The summed E-state index contributed by atoms with van der Waals surface area (Å²) in [4.78, 5) is 21.9. The van der Waals surface area contributed by atoms with Crippen LogP contribution in [-0.2, 0) is 11.0 Å². The molecule has 0 aliphatic rings. The van der Waals surface area contributed by atoms with Gasteiger partial charge in [0, 0.05) is 11.8 Å². The third kappa shape index (κ3) is 5.30. The minimum Gasteiger partial charge on any atom is -0.376 e. The molecule has 0 bridgehead atoms. The molecular weight excluding hydrogens is 353 g/mol. The number of hydrazone groups is 1. The number of hydrogen-bond donors (Lipinski definition) is 2. The van der Waals surface area contributed by atoms with Gasteiger partial charge in [0.2, 0.25) is 0 Å². The highest BCUT2D eigenvalue weighted by Crippen LogP contribution is 2.30. The van der Waals surface area contributed by atoms with Crippen LogP contribution in [0.4, 0.5) is 24.5 Å². The number of amides is 1. The molecule has 0 saturated heterocycles. The highest BCUT2D eigenvalue weighted by Gasteiger charge is 2.30. The van der Waals surface area contributed by atoms with E-state index in [-0.39, 0.29) is 23.5 Å². The lowest BCUT2D eigenvalue weighted by Crippen LogP contribution is -2.26. The Labute approximate surface area is 145 Å². The second kappa shape index (κ2) is 8.10. The fourth-order valence-corrected chi connectivity index (χ4v) is 1.96. The number of nitro groups is 1. The number of anilines is 1. The van der Waals surface area contributed by atoms with E-state index in [1.807, 2.05) is 0 Å². The third-order valence-corrected chi connectivity index (χ3v) is 3.17. The molecule has 2 rings (SSSR count). The molecule has 2 aromatic rings. The van der Waals surface area contributed by atoms with E-state index in [0.29, 0.717) is 0 Å². The minimum atomic E-state index is -4.48. The van der Waals surface area contributed by atoms with Crippen LogP contribution in [-0.4, -0.2) is 23.6 Å². The van der Waals surface area contributed by atoms with Gasteiger partial charge in [-0.15, -0.1) is 0 Å². The van der Waals surface area contributed by atoms with Crippen molar-refractivity contribution in [2.24, 2.45) is 5.10 Å². The zero-order valence-corrected chi connectivity index (χ0v) is 13.2. The molecular formula is C16H13F3N4O3. The molecule has 0 aliphatic heterocycles. The van der Waals surface area contributed by atoms with Crippen molar-refractivity contribution in [3.05, 3.63) is 69.8 Å². The second-order valence-electron chi connectivity index (χ2n) is 5.04. The smallest absolute Gasteiger partial charge is 0.376 e. The number of benzene rings is 2. The van der Waals surface area contributed by atoms with Crippen LogP contribution in [0.15, 0.2) is 53.6 Å². The van der Waals surface area contributed by atoms with Crippen molar-refractivity contribution in [1.82, 2.24) is 5.43 Å². The maximum absolute atomic E-state index is 12.6. The summed E-state index contributed by atoms with van der Waals surface area (Å²) in [5, 5.41) is 17.0. The summed E-state index contributed by atoms with van der Waals surface area (Å²) >= 11 is 0. The Hall–Kier alpha value is -3.43. The van der Waals surface area contributed by atoms with E-state index in [2.05, 4.69) is 15.8 Å². The second-order valence-corrected chi connectivity index (χ2v) is 5.04. The first-order valence-electron chi connectivity index (χ1n) is 7.24. The van der Waals surface area contributed by atoms with Gasteiger partial charge >= 0.3 is 6.18 Å². The molecule has 7 nitrogen and oxygen atoms in total. The van der Waals surface area contributed by atoms with Crippen LogP contribution >= 0.6 is 0 Å². The van der Waals surface area contributed by atoms with Crippen molar-refractivity contribution in [3.8, 4) is 0 Å². The Bertz CT molecular complexity index is 837. The number of carbonyl (C=O) groups is 1. The molecule has 1 amide bonds. The number of alkyl halides is 3. The van der Waals surface area contributed by atoms with E-state index < -0.39 is 22.6 Å². The maximum atomic E-state index is 12.6. The fourth-order valence-electron chi connectivity index (χ4n) is 1.96. The number of halogens is 3. The Morgan fingerprint density at radius 1 is 1.19 bits per heavy atom. The van der Waals surface area contributed by atoms with Gasteiger partial charge in [-0.2, -0.15) is 18.3 Å². The summed E-state index contributed by atoms with van der Waals surface area (Å²) in [6, 6.07) is 10.2. The molecule has 2 N–H and O–H groups in total. The van der Waals surface area contributed by atoms with Gasteiger partial charge in [0.15, 0.2) is 0 Å². The topological polar surface area (TPSA) is 96.6 Å². The molecule has 0 heterocycles. The predicted octanol–water partition coefficient (Wildman–Crippen LogP) is 3.18. The van der Waals surface area contributed by atoms with Crippen LogP contribution in [0.1, 0.15) is 11.1 Å². The standard InChI is InChI=1S/C16H13F3N4O3/c17-16(18,19)12-5-3-6-13(8-12)20-10-15(24)22-21-9-11-4-1-2-7-14(11)23(25)26/h1-9,20H,10H2,(H,22,24)/b21-9-. The van der Waals surface area contributed by atoms with Crippen LogP contribution < -0.4 is 10.7 Å². The van der Waals surface area contributed by atoms with Crippen LogP contribution in [0.25, 0.3) is 0 Å². The van der Waals surface area contributed by atoms with Crippen LogP contribution in [0, 0.1) is 10.1 Å². The molecule has 26 heavy (non-hydrogen) atoms. The molecule has 0 radical (unpaired) electrons. The lowest BCUT2D eigenvalue weighted by Gasteiger charge is -2.10. The molecule has 0 atom stereocenters. The van der Waals surface area contributed by atoms with E-state index in [1.165, 1.54) is 30.3 Å². The normalized spacial score (nSPS) is 11.3. The summed E-state index contributed by atoms with van der Waals surface area (Å²) in [5.74, 6) is -0.628. The Kier molecular flexibility index (Phi) is 5.89. The van der Waals surface area contributed by atoms with E-state index in [9.17, 15) is 28.1 Å². The number of carbonyl (C=O) groups excluding carboxylic acids is 1. The summed E-state index contributed by atoms with van der Waals surface area (Å²) in [6.07, 6.45) is -3.37. The van der Waals surface area contributed by atoms with Crippen LogP contribution in [0.5, 0.6) is 0 Å². The molecule has 136 valence electrons. The van der Waals surface area contributed by atoms with E-state index in [0.717, 1.165) is 18.3 Å². The van der Waals surface area contributed by atoms with Crippen LogP contribution in [0.2, 0.25) is 0 Å². The van der Waals surface area contributed by atoms with E-state index in [1.54, 1.807) is 6.07 Å². The zero-order valence-electron chi connectivity index (χ0n) is 13.2. The highest BCUT2D eigenvalue weighted by molar-refractivity contribution is 5.87. The van der Waals surface area contributed by atoms with Crippen molar-refractivity contribution < 1.29 is 22.9 Å². The Morgan fingerprint density at radius 2 is 1.92 bits per heavy atom. The van der Waals surface area contributed by atoms with E-state index >= 15 is 0 Å². The monoisotopic (exact) mass is 366 g/mol. The van der Waals surface area contributed by atoms with Crippen molar-refractivity contribution in [2.45, 2.75) is 6.18 Å². The molecule has 0 spiro atoms. The minimum absolute atomic E-state index is 0.123. The van der Waals surface area contributed by atoms with Crippen molar-refractivity contribution in [2.75, 3.05) is 11.9 Å². The van der Waals surface area contributed by atoms with Gasteiger partial charge in [0.25, 0.3) is 11.6 Å². The maximum Gasteiger partial charge on any atom is 0.416 e. The summed E-state index contributed by atoms with van der Waals surface area (Å²) < 4.78 is 37.8. The number of hydrogen-bond acceptors (Lipinski definition) is 5. The van der Waals surface area contributed by atoms with Crippen molar-refractivity contribution >= 4 is 23.5 Å². The van der Waals surface area contributed by atoms with Gasteiger partial charge in [-0.25, -0.2) is 5.43 Å². The first kappa shape index (κ1) is 18.9. The summed E-state index contributed by atoms with van der Waals surface area (Å²) in [7, 11) is 0. The lowest BCUT2D eigenvalue weighted by atomic mass is 10.2. The average Bonchev–Trinajstić information content (AvgIpc) is 2.60. The van der Waals surface area contributed by atoms with Gasteiger partial charge in [-0.05, 0) is 24.3 Å². The number of nitro benzene ring substituents is 1. The van der Waals surface area contributed by atoms with Crippen molar-refractivity contribution in [3.63, 3.8) is 0 Å². The SMILES string of the molecule is O=C(CNc1cccc(C(F)(F)F)c1)N/N=C\c1ccccc1[N+](=O)[O-]. The summed E-state index contributed by atoms with van der Waals surface area (Å²) in [6.45, 7) is -0.324. The largest absolute Gasteiger partial charge is 0.416 e. The number of nitrogens with zero attached hydrogens (tertiary/aromatic N) is 2.